The van der Waals surface area contributed by atoms with Gasteiger partial charge in [0.25, 0.3) is 0 Å². The van der Waals surface area contributed by atoms with Crippen LogP contribution in [0.4, 0.5) is 0 Å². The maximum atomic E-state index is 11.0. The molecule has 4 heteroatoms. The van der Waals surface area contributed by atoms with E-state index in [9.17, 15) is 4.79 Å². The quantitative estimate of drug-likeness (QED) is 0.756. The summed E-state index contributed by atoms with van der Waals surface area (Å²) < 4.78 is 4.62. The highest BCUT2D eigenvalue weighted by Crippen LogP contribution is 2.34. The van der Waals surface area contributed by atoms with Crippen LogP contribution in [0.15, 0.2) is 5.38 Å². The van der Waals surface area contributed by atoms with Gasteiger partial charge in [-0.2, -0.15) is 0 Å². The predicted octanol–water partition coefficient (Wildman–Crippen LogP) is 3.30. The highest BCUT2D eigenvalue weighted by atomic mass is 32.1. The van der Waals surface area contributed by atoms with Gasteiger partial charge >= 0.3 is 5.97 Å². The molecule has 0 atom stereocenters. The molecular formula is C13H19NO2S. The minimum absolute atomic E-state index is 0.127. The molecule has 1 aromatic rings. The number of aryl methyl sites for hydroxylation is 1. The van der Waals surface area contributed by atoms with Crippen LogP contribution in [-0.2, 0) is 16.0 Å². The average Bonchev–Trinajstić information content (AvgIpc) is 2.98. The van der Waals surface area contributed by atoms with E-state index in [0.717, 1.165) is 17.8 Å². The van der Waals surface area contributed by atoms with E-state index in [4.69, 9.17) is 0 Å². The number of ether oxygens (including phenoxy) is 1. The fourth-order valence-corrected chi connectivity index (χ4v) is 3.26. The lowest BCUT2D eigenvalue weighted by Gasteiger charge is -2.03. The first-order valence-corrected chi connectivity index (χ1v) is 7.18. The van der Waals surface area contributed by atoms with Gasteiger partial charge in [-0.05, 0) is 25.7 Å². The summed E-state index contributed by atoms with van der Waals surface area (Å²) in [6.07, 6.45) is 7.52. The normalized spacial score (nSPS) is 16.3. The van der Waals surface area contributed by atoms with Gasteiger partial charge in [-0.15, -0.1) is 11.3 Å². The van der Waals surface area contributed by atoms with Crippen LogP contribution in [0, 0.1) is 0 Å². The van der Waals surface area contributed by atoms with Crippen molar-refractivity contribution in [3.63, 3.8) is 0 Å². The molecule has 1 fully saturated rings. The Labute approximate surface area is 106 Å². The first-order valence-electron chi connectivity index (χ1n) is 6.30. The van der Waals surface area contributed by atoms with E-state index in [-0.39, 0.29) is 5.97 Å². The SMILES string of the molecule is COC(=O)CCCc1nc(C2CCCC2)cs1. The van der Waals surface area contributed by atoms with Crippen molar-refractivity contribution in [1.29, 1.82) is 0 Å². The molecule has 0 aliphatic heterocycles. The van der Waals surface area contributed by atoms with Crippen LogP contribution in [0.5, 0.6) is 0 Å². The number of carbonyl (C=O) groups is 1. The van der Waals surface area contributed by atoms with Crippen molar-refractivity contribution in [2.75, 3.05) is 7.11 Å². The Balaban J connectivity index is 1.79. The van der Waals surface area contributed by atoms with Gasteiger partial charge in [-0.3, -0.25) is 4.79 Å². The molecule has 0 unspecified atom stereocenters. The molecule has 1 aliphatic carbocycles. The maximum Gasteiger partial charge on any atom is 0.305 e. The van der Waals surface area contributed by atoms with Gasteiger partial charge in [-0.1, -0.05) is 12.8 Å². The number of aromatic nitrogens is 1. The molecule has 0 aromatic carbocycles. The first kappa shape index (κ1) is 12.6. The van der Waals surface area contributed by atoms with Crippen LogP contribution >= 0.6 is 11.3 Å². The molecule has 94 valence electrons. The zero-order valence-corrected chi connectivity index (χ0v) is 11.1. The average molecular weight is 253 g/mol. The highest BCUT2D eigenvalue weighted by molar-refractivity contribution is 7.09. The van der Waals surface area contributed by atoms with E-state index in [0.29, 0.717) is 12.3 Å². The van der Waals surface area contributed by atoms with E-state index >= 15 is 0 Å². The van der Waals surface area contributed by atoms with Gasteiger partial charge in [-0.25, -0.2) is 4.98 Å². The van der Waals surface area contributed by atoms with Gasteiger partial charge in [0.05, 0.1) is 17.8 Å². The van der Waals surface area contributed by atoms with Crippen LogP contribution in [0.2, 0.25) is 0 Å². The highest BCUT2D eigenvalue weighted by Gasteiger charge is 2.19. The van der Waals surface area contributed by atoms with Crippen molar-refractivity contribution in [2.45, 2.75) is 50.9 Å². The molecule has 1 saturated carbocycles. The third kappa shape index (κ3) is 3.53. The van der Waals surface area contributed by atoms with Crippen molar-refractivity contribution in [1.82, 2.24) is 4.98 Å². The van der Waals surface area contributed by atoms with Crippen molar-refractivity contribution in [3.05, 3.63) is 16.1 Å². The fraction of sp³-hybridized carbons (Fsp3) is 0.692. The molecule has 0 amide bonds. The number of hydrogen-bond donors (Lipinski definition) is 0. The van der Waals surface area contributed by atoms with E-state index < -0.39 is 0 Å². The summed E-state index contributed by atoms with van der Waals surface area (Å²) in [6.45, 7) is 0. The Morgan fingerprint density at radius 3 is 3.00 bits per heavy atom. The van der Waals surface area contributed by atoms with Crippen molar-refractivity contribution in [3.8, 4) is 0 Å². The molecule has 1 heterocycles. The van der Waals surface area contributed by atoms with Gasteiger partial charge in [0.1, 0.15) is 0 Å². The van der Waals surface area contributed by atoms with Crippen LogP contribution in [-0.4, -0.2) is 18.1 Å². The molecule has 2 rings (SSSR count). The number of nitrogens with zero attached hydrogens (tertiary/aromatic N) is 1. The summed E-state index contributed by atoms with van der Waals surface area (Å²) in [5.41, 5.74) is 1.28. The van der Waals surface area contributed by atoms with Gasteiger partial charge in [0.15, 0.2) is 0 Å². The van der Waals surface area contributed by atoms with E-state index in [2.05, 4.69) is 15.1 Å². The molecule has 1 aromatic heterocycles. The first-order chi connectivity index (χ1) is 8.29. The second-order valence-electron chi connectivity index (χ2n) is 4.58. The molecular weight excluding hydrogens is 234 g/mol. The Bertz CT molecular complexity index is 369. The van der Waals surface area contributed by atoms with E-state index in [1.165, 1.54) is 38.5 Å². The second-order valence-corrected chi connectivity index (χ2v) is 5.52. The van der Waals surface area contributed by atoms with Gasteiger partial charge in [0, 0.05) is 17.7 Å². The number of hydrogen-bond acceptors (Lipinski definition) is 4. The topological polar surface area (TPSA) is 39.2 Å². The van der Waals surface area contributed by atoms with Crippen LogP contribution in [0.3, 0.4) is 0 Å². The molecule has 1 aliphatic rings. The summed E-state index contributed by atoms with van der Waals surface area (Å²) in [7, 11) is 1.43. The molecule has 0 N–H and O–H groups in total. The van der Waals surface area contributed by atoms with Crippen LogP contribution in [0.25, 0.3) is 0 Å². The number of thiazole rings is 1. The third-order valence-electron chi connectivity index (χ3n) is 3.34. The zero-order chi connectivity index (χ0) is 12.1. The van der Waals surface area contributed by atoms with Gasteiger partial charge < -0.3 is 4.74 Å². The van der Waals surface area contributed by atoms with E-state index in [1.54, 1.807) is 11.3 Å². The van der Waals surface area contributed by atoms with Crippen molar-refractivity contribution in [2.24, 2.45) is 0 Å². The summed E-state index contributed by atoms with van der Waals surface area (Å²) >= 11 is 1.73. The summed E-state index contributed by atoms with van der Waals surface area (Å²) in [4.78, 5) is 15.7. The Hall–Kier alpha value is -0.900. The van der Waals surface area contributed by atoms with Crippen molar-refractivity contribution >= 4 is 17.3 Å². The summed E-state index contributed by atoms with van der Waals surface area (Å²) in [6, 6.07) is 0. The lowest BCUT2D eigenvalue weighted by Crippen LogP contribution is -2.00. The zero-order valence-electron chi connectivity index (χ0n) is 10.3. The Morgan fingerprint density at radius 1 is 1.53 bits per heavy atom. The standard InChI is InChI=1S/C13H19NO2S/c1-16-13(15)8-4-7-12-14-11(9-17-12)10-5-2-3-6-10/h9-10H,2-8H2,1H3. The molecule has 3 nitrogen and oxygen atoms in total. The third-order valence-corrected chi connectivity index (χ3v) is 4.27. The number of carbonyl (C=O) groups excluding carboxylic acids is 1. The molecule has 0 spiro atoms. The Morgan fingerprint density at radius 2 is 2.29 bits per heavy atom. The van der Waals surface area contributed by atoms with E-state index in [1.807, 2.05) is 0 Å². The largest absolute Gasteiger partial charge is 0.469 e. The number of methoxy groups -OCH3 is 1. The fourth-order valence-electron chi connectivity index (χ4n) is 2.34. The van der Waals surface area contributed by atoms with Gasteiger partial charge in [0.2, 0.25) is 0 Å². The minimum atomic E-state index is -0.127. The lowest BCUT2D eigenvalue weighted by molar-refractivity contribution is -0.140. The smallest absolute Gasteiger partial charge is 0.305 e. The molecule has 0 saturated heterocycles. The minimum Gasteiger partial charge on any atom is -0.469 e. The molecule has 0 bridgehead atoms. The molecule has 0 radical (unpaired) electrons. The number of rotatable bonds is 5. The Kier molecular flexibility index (Phi) is 4.54. The number of esters is 1. The second kappa shape index (κ2) is 6.15. The van der Waals surface area contributed by atoms with Crippen molar-refractivity contribution < 1.29 is 9.53 Å². The lowest BCUT2D eigenvalue weighted by atomic mass is 10.1. The predicted molar refractivity (Wildman–Crippen MR) is 68.3 cm³/mol. The maximum absolute atomic E-state index is 11.0. The summed E-state index contributed by atoms with van der Waals surface area (Å²) in [5, 5.41) is 3.36. The molecule has 17 heavy (non-hydrogen) atoms. The summed E-state index contributed by atoms with van der Waals surface area (Å²) in [5.74, 6) is 0.568. The monoisotopic (exact) mass is 253 g/mol. The van der Waals surface area contributed by atoms with Crippen LogP contribution < -0.4 is 0 Å². The van der Waals surface area contributed by atoms with Crippen LogP contribution in [0.1, 0.15) is 55.1 Å².